The number of nitrogens with one attached hydrogen (secondary N) is 1. The van der Waals surface area contributed by atoms with E-state index < -0.39 is 11.7 Å². The van der Waals surface area contributed by atoms with Gasteiger partial charge in [0, 0.05) is 10.7 Å². The fourth-order valence-corrected chi connectivity index (χ4v) is 2.86. The smallest absolute Gasteiger partial charge is 0.276 e. The van der Waals surface area contributed by atoms with Gasteiger partial charge in [-0.25, -0.2) is 9.07 Å². The van der Waals surface area contributed by atoms with Crippen LogP contribution in [0, 0.1) is 5.82 Å². The maximum absolute atomic E-state index is 13.9. The molecule has 0 radical (unpaired) electrons. The average Bonchev–Trinajstić information content (AvgIpc) is 3.11. The number of ether oxygens (including phenoxy) is 1. The largest absolute Gasteiger partial charge is 0.471 e. The molecule has 1 amide bonds. The van der Waals surface area contributed by atoms with Crippen LogP contribution in [-0.4, -0.2) is 15.7 Å². The van der Waals surface area contributed by atoms with Crippen LogP contribution < -0.4 is 10.1 Å². The summed E-state index contributed by atoms with van der Waals surface area (Å²) in [6.07, 6.45) is 1.64. The molecule has 0 unspecified atom stereocenters. The van der Waals surface area contributed by atoms with Gasteiger partial charge in [-0.15, -0.1) is 0 Å². The van der Waals surface area contributed by atoms with E-state index in [-0.39, 0.29) is 23.5 Å². The second kappa shape index (κ2) is 8.14. The summed E-state index contributed by atoms with van der Waals surface area (Å²) in [6, 6.07) is 13.9. The maximum atomic E-state index is 13.9. The van der Waals surface area contributed by atoms with Crippen LogP contribution in [0.25, 0.3) is 0 Å². The molecule has 146 valence electrons. The number of halogens is 2. The van der Waals surface area contributed by atoms with Gasteiger partial charge < -0.3 is 10.1 Å². The molecule has 1 aromatic heterocycles. The van der Waals surface area contributed by atoms with Crippen LogP contribution in [0.5, 0.6) is 5.75 Å². The number of hydrogen-bond donors (Lipinski definition) is 1. The first kappa shape index (κ1) is 20.1. The molecular formula is C21H21BrFN3O2. The molecule has 7 heteroatoms. The summed E-state index contributed by atoms with van der Waals surface area (Å²) >= 11 is 3.18. The number of benzene rings is 2. The number of anilines is 1. The first-order chi connectivity index (χ1) is 13.2. The normalized spacial score (nSPS) is 11.3. The number of rotatable bonds is 5. The molecule has 5 nitrogen and oxygen atoms in total. The Kier molecular flexibility index (Phi) is 5.84. The molecular weight excluding hydrogens is 425 g/mol. The fraction of sp³-hybridized carbons (Fsp3) is 0.238. The lowest BCUT2D eigenvalue weighted by Gasteiger charge is -2.19. The van der Waals surface area contributed by atoms with Crippen molar-refractivity contribution in [1.82, 2.24) is 9.78 Å². The van der Waals surface area contributed by atoms with E-state index in [1.807, 2.05) is 24.3 Å². The minimum Gasteiger partial charge on any atom is -0.471 e. The molecule has 0 atom stereocenters. The van der Waals surface area contributed by atoms with Crippen LogP contribution in [-0.2, 0) is 12.1 Å². The van der Waals surface area contributed by atoms with Crippen molar-refractivity contribution in [2.24, 2.45) is 0 Å². The second-order valence-electron chi connectivity index (χ2n) is 7.37. The Morgan fingerprint density at radius 2 is 1.89 bits per heavy atom. The van der Waals surface area contributed by atoms with Gasteiger partial charge in [0.05, 0.1) is 5.69 Å². The van der Waals surface area contributed by atoms with Crippen LogP contribution in [0.1, 0.15) is 36.8 Å². The van der Waals surface area contributed by atoms with Gasteiger partial charge in [-0.3, -0.25) is 4.79 Å². The topological polar surface area (TPSA) is 56.1 Å². The lowest BCUT2D eigenvalue weighted by atomic mass is 9.87. The molecule has 3 rings (SSSR count). The van der Waals surface area contributed by atoms with Crippen molar-refractivity contribution in [2.75, 3.05) is 5.32 Å². The summed E-state index contributed by atoms with van der Waals surface area (Å²) < 4.78 is 21.7. The van der Waals surface area contributed by atoms with Crippen LogP contribution in [0.4, 0.5) is 10.1 Å². The van der Waals surface area contributed by atoms with Gasteiger partial charge >= 0.3 is 0 Å². The molecule has 0 aliphatic rings. The molecule has 0 aliphatic carbocycles. The number of amides is 1. The van der Waals surface area contributed by atoms with Gasteiger partial charge in [-0.1, -0.05) is 48.8 Å². The number of carbonyl (C=O) groups is 1. The van der Waals surface area contributed by atoms with Crippen molar-refractivity contribution >= 4 is 27.5 Å². The van der Waals surface area contributed by atoms with Gasteiger partial charge in [0.2, 0.25) is 0 Å². The minimum absolute atomic E-state index is 0.0804. The van der Waals surface area contributed by atoms with Gasteiger partial charge in [0.1, 0.15) is 11.6 Å². The maximum Gasteiger partial charge on any atom is 0.276 e. The highest BCUT2D eigenvalue weighted by molar-refractivity contribution is 9.10. The Bertz CT molecular complexity index is 978. The standard InChI is InChI=1S/C21H21BrFN3O2/c1-21(2,3)14-4-7-16(8-5-14)28-13-26-11-10-19(25-26)20(27)24-18-9-6-15(22)12-17(18)23/h4-12H,13H2,1-3H3,(H,24,27). The highest BCUT2D eigenvalue weighted by atomic mass is 79.9. The summed E-state index contributed by atoms with van der Waals surface area (Å²) in [4.78, 5) is 12.3. The lowest BCUT2D eigenvalue weighted by Crippen LogP contribution is -2.15. The summed E-state index contributed by atoms with van der Waals surface area (Å²) in [5, 5.41) is 6.68. The molecule has 1 heterocycles. The van der Waals surface area contributed by atoms with E-state index in [1.165, 1.54) is 22.4 Å². The van der Waals surface area contributed by atoms with Crippen molar-refractivity contribution in [2.45, 2.75) is 32.9 Å². The van der Waals surface area contributed by atoms with Crippen LogP contribution in [0.15, 0.2) is 59.2 Å². The first-order valence-electron chi connectivity index (χ1n) is 8.75. The van der Waals surface area contributed by atoms with Crippen molar-refractivity contribution in [1.29, 1.82) is 0 Å². The Morgan fingerprint density at radius 3 is 2.54 bits per heavy atom. The van der Waals surface area contributed by atoms with E-state index in [4.69, 9.17) is 4.74 Å². The van der Waals surface area contributed by atoms with E-state index >= 15 is 0 Å². The molecule has 0 saturated heterocycles. The van der Waals surface area contributed by atoms with Crippen molar-refractivity contribution < 1.29 is 13.9 Å². The van der Waals surface area contributed by atoms with Crippen LogP contribution >= 0.6 is 15.9 Å². The third kappa shape index (κ3) is 4.98. The fourth-order valence-electron chi connectivity index (χ4n) is 2.52. The summed E-state index contributed by atoms with van der Waals surface area (Å²) in [6.45, 7) is 6.62. The zero-order chi connectivity index (χ0) is 20.3. The predicted octanol–water partition coefficient (Wildman–Crippen LogP) is 5.37. The van der Waals surface area contributed by atoms with Gasteiger partial charge in [-0.2, -0.15) is 5.10 Å². The van der Waals surface area contributed by atoms with Gasteiger partial charge in [0.25, 0.3) is 5.91 Å². The van der Waals surface area contributed by atoms with Crippen molar-refractivity contribution in [3.8, 4) is 5.75 Å². The molecule has 2 aromatic carbocycles. The average molecular weight is 446 g/mol. The zero-order valence-corrected chi connectivity index (χ0v) is 17.5. The van der Waals surface area contributed by atoms with E-state index in [2.05, 4.69) is 47.1 Å². The predicted molar refractivity (Wildman–Crippen MR) is 110 cm³/mol. The van der Waals surface area contributed by atoms with E-state index in [0.29, 0.717) is 10.2 Å². The summed E-state index contributed by atoms with van der Waals surface area (Å²) in [7, 11) is 0. The highest BCUT2D eigenvalue weighted by Crippen LogP contribution is 2.24. The van der Waals surface area contributed by atoms with Crippen molar-refractivity contribution in [3.05, 3.63) is 76.3 Å². The number of hydrogen-bond acceptors (Lipinski definition) is 3. The third-order valence-corrected chi connectivity index (χ3v) is 4.63. The second-order valence-corrected chi connectivity index (χ2v) is 8.28. The van der Waals surface area contributed by atoms with Crippen LogP contribution in [0.2, 0.25) is 0 Å². The minimum atomic E-state index is -0.524. The summed E-state index contributed by atoms with van der Waals surface area (Å²) in [5.41, 5.74) is 1.57. The van der Waals surface area contributed by atoms with Crippen LogP contribution in [0.3, 0.4) is 0 Å². The first-order valence-corrected chi connectivity index (χ1v) is 9.55. The van der Waals surface area contributed by atoms with E-state index in [9.17, 15) is 9.18 Å². The molecule has 0 aliphatic heterocycles. The summed E-state index contributed by atoms with van der Waals surface area (Å²) in [5.74, 6) is -0.301. The number of carbonyl (C=O) groups excluding carboxylic acids is 1. The van der Waals surface area contributed by atoms with Gasteiger partial charge in [0.15, 0.2) is 12.4 Å². The monoisotopic (exact) mass is 445 g/mol. The zero-order valence-electron chi connectivity index (χ0n) is 15.9. The Labute approximate surface area is 171 Å². The Morgan fingerprint density at radius 1 is 1.18 bits per heavy atom. The lowest BCUT2D eigenvalue weighted by molar-refractivity contribution is 0.101. The molecule has 0 bridgehead atoms. The quantitative estimate of drug-likeness (QED) is 0.573. The molecule has 3 aromatic rings. The highest BCUT2D eigenvalue weighted by Gasteiger charge is 2.14. The molecule has 0 spiro atoms. The molecule has 0 saturated carbocycles. The SMILES string of the molecule is CC(C)(C)c1ccc(OCn2ccc(C(=O)Nc3ccc(Br)cc3F)n2)cc1. The van der Waals surface area contributed by atoms with Gasteiger partial charge in [-0.05, 0) is 47.4 Å². The van der Waals surface area contributed by atoms with E-state index in [1.54, 1.807) is 18.3 Å². The number of aromatic nitrogens is 2. The van der Waals surface area contributed by atoms with E-state index in [0.717, 1.165) is 0 Å². The molecule has 28 heavy (non-hydrogen) atoms. The molecule has 0 fully saturated rings. The Balaban J connectivity index is 1.60. The third-order valence-electron chi connectivity index (χ3n) is 4.14. The molecule has 1 N–H and O–H groups in total. The number of nitrogens with zero attached hydrogens (tertiary/aromatic N) is 2. The Hall–Kier alpha value is -2.67. The van der Waals surface area contributed by atoms with Crippen molar-refractivity contribution in [3.63, 3.8) is 0 Å².